The molecule has 3 aromatic rings. The highest BCUT2D eigenvalue weighted by molar-refractivity contribution is 6.03. The van der Waals surface area contributed by atoms with Gasteiger partial charge in [0, 0.05) is 32.5 Å². The zero-order chi connectivity index (χ0) is 25.3. The molecule has 1 aliphatic heterocycles. The highest BCUT2D eigenvalue weighted by Crippen LogP contribution is 2.33. The van der Waals surface area contributed by atoms with Crippen molar-refractivity contribution in [3.8, 4) is 5.75 Å². The fourth-order valence-electron chi connectivity index (χ4n) is 4.05. The number of hydrogen-bond donors (Lipinski definition) is 2. The lowest BCUT2D eigenvalue weighted by Gasteiger charge is -2.37. The van der Waals surface area contributed by atoms with Crippen molar-refractivity contribution >= 4 is 23.4 Å². The summed E-state index contributed by atoms with van der Waals surface area (Å²) >= 11 is 0. The Morgan fingerprint density at radius 2 is 1.91 bits per heavy atom. The van der Waals surface area contributed by atoms with E-state index in [1.165, 1.54) is 19.2 Å². The third-order valence-electron chi connectivity index (χ3n) is 5.90. The van der Waals surface area contributed by atoms with Crippen LogP contribution in [0.15, 0.2) is 24.5 Å². The minimum Gasteiger partial charge on any atom is -0.491 e. The molecule has 2 N–H and O–H groups in total. The first-order chi connectivity index (χ1) is 16.7. The van der Waals surface area contributed by atoms with Crippen LogP contribution in [0.5, 0.6) is 5.75 Å². The highest BCUT2D eigenvalue weighted by atomic mass is 19.1. The average molecular weight is 488 g/mol. The van der Waals surface area contributed by atoms with Crippen molar-refractivity contribution in [2.24, 2.45) is 0 Å². The van der Waals surface area contributed by atoms with Crippen molar-refractivity contribution in [2.45, 2.75) is 39.1 Å². The van der Waals surface area contributed by atoms with E-state index in [-0.39, 0.29) is 18.6 Å². The minimum absolute atomic E-state index is 0.175. The molecule has 0 saturated heterocycles. The van der Waals surface area contributed by atoms with Crippen LogP contribution in [-0.2, 0) is 22.6 Å². The van der Waals surface area contributed by atoms with Crippen LogP contribution < -0.4 is 20.3 Å². The normalized spacial score (nSPS) is 16.0. The molecule has 0 unspecified atom stereocenters. The van der Waals surface area contributed by atoms with Crippen LogP contribution in [0.3, 0.4) is 0 Å². The lowest BCUT2D eigenvalue weighted by molar-refractivity contribution is -0.120. The number of halogens is 2. The van der Waals surface area contributed by atoms with Gasteiger partial charge in [-0.1, -0.05) is 0 Å². The molecular weight excluding hydrogens is 460 g/mol. The topological polar surface area (TPSA) is 106 Å². The summed E-state index contributed by atoms with van der Waals surface area (Å²) in [5.41, 5.74) is 2.43. The number of benzene rings is 1. The monoisotopic (exact) mass is 487 g/mol. The van der Waals surface area contributed by atoms with Gasteiger partial charge in [0.05, 0.1) is 31.6 Å². The Bertz CT molecular complexity index is 1230. The number of aryl methyl sites for hydroxylation is 1. The molecule has 1 amide bonds. The molecule has 1 aromatic carbocycles. The summed E-state index contributed by atoms with van der Waals surface area (Å²) in [6.45, 7) is 4.18. The van der Waals surface area contributed by atoms with E-state index in [0.717, 1.165) is 5.56 Å². The fraction of sp³-hybridized carbons (Fsp3) is 0.391. The van der Waals surface area contributed by atoms with Gasteiger partial charge in [0.1, 0.15) is 11.7 Å². The Morgan fingerprint density at radius 1 is 1.20 bits per heavy atom. The first-order valence-electron chi connectivity index (χ1n) is 10.9. The van der Waals surface area contributed by atoms with E-state index < -0.39 is 23.4 Å². The summed E-state index contributed by atoms with van der Waals surface area (Å²) < 4.78 is 39.6. The molecule has 0 radical (unpaired) electrons. The van der Waals surface area contributed by atoms with Crippen molar-refractivity contribution in [1.82, 2.24) is 19.7 Å². The summed E-state index contributed by atoms with van der Waals surface area (Å²) in [6.07, 6.45) is 3.08. The third kappa shape index (κ3) is 4.87. The maximum atomic E-state index is 14.0. The molecule has 10 nitrogen and oxygen atoms in total. The zero-order valence-corrected chi connectivity index (χ0v) is 20.1. The molecule has 2 aromatic heterocycles. The predicted molar refractivity (Wildman–Crippen MR) is 126 cm³/mol. The van der Waals surface area contributed by atoms with E-state index in [2.05, 4.69) is 25.7 Å². The van der Waals surface area contributed by atoms with Crippen molar-refractivity contribution in [3.63, 3.8) is 0 Å². The zero-order valence-electron chi connectivity index (χ0n) is 20.1. The van der Waals surface area contributed by atoms with Gasteiger partial charge >= 0.3 is 0 Å². The summed E-state index contributed by atoms with van der Waals surface area (Å²) in [6, 6.07) is 1.91. The van der Waals surface area contributed by atoms with E-state index in [0.29, 0.717) is 35.3 Å². The van der Waals surface area contributed by atoms with E-state index >= 15 is 0 Å². The number of carbonyl (C=O) groups excluding carboxylic acids is 1. The van der Waals surface area contributed by atoms with Gasteiger partial charge in [0.2, 0.25) is 11.9 Å². The average Bonchev–Trinajstić information content (AvgIpc) is 3.25. The van der Waals surface area contributed by atoms with Crippen LogP contribution in [0.25, 0.3) is 0 Å². The number of aromatic nitrogens is 4. The largest absolute Gasteiger partial charge is 0.491 e. The molecule has 2 atom stereocenters. The molecule has 35 heavy (non-hydrogen) atoms. The Labute approximate surface area is 201 Å². The number of likely N-dealkylation sites (N-methyl/N-ethyl adjacent to an activating group) is 1. The van der Waals surface area contributed by atoms with Crippen LogP contribution in [0.4, 0.5) is 26.2 Å². The standard InChI is InChI=1S/C23H27F2N7O3/c1-12-18-21(31(3)19(13(2)34-4)22(33)29-18)30-23(28-12)26-8-15-9-27-32(11-15)10-14-6-16(24)20(35-5)17(25)7-14/h6-7,9,11,13,19H,8,10H2,1-5H3,(H,29,33)(H,26,28,30)/t13-,19+/m1/s1. The first-order valence-corrected chi connectivity index (χ1v) is 10.9. The van der Waals surface area contributed by atoms with Gasteiger partial charge in [-0.25, -0.2) is 13.8 Å². The van der Waals surface area contributed by atoms with Gasteiger partial charge in [0.25, 0.3) is 0 Å². The van der Waals surface area contributed by atoms with Crippen molar-refractivity contribution in [1.29, 1.82) is 0 Å². The SMILES string of the molecule is COc1c(F)cc(Cn2cc(CNc3nc(C)c4c(n3)N(C)[C@@H]([C@@H](C)OC)C(=O)N4)cn2)cc1F. The molecule has 3 heterocycles. The van der Waals surface area contributed by atoms with Crippen molar-refractivity contribution in [2.75, 3.05) is 36.8 Å². The van der Waals surface area contributed by atoms with Gasteiger partial charge in [-0.2, -0.15) is 10.1 Å². The quantitative estimate of drug-likeness (QED) is 0.500. The van der Waals surface area contributed by atoms with Gasteiger partial charge in [0.15, 0.2) is 23.2 Å². The number of anilines is 3. The minimum atomic E-state index is -0.764. The Kier molecular flexibility index (Phi) is 6.83. The fourth-order valence-corrected chi connectivity index (χ4v) is 4.05. The van der Waals surface area contributed by atoms with Crippen LogP contribution in [0, 0.1) is 18.6 Å². The molecular formula is C23H27F2N7O3. The second kappa shape index (κ2) is 9.82. The van der Waals surface area contributed by atoms with Crippen LogP contribution >= 0.6 is 0 Å². The second-order valence-electron chi connectivity index (χ2n) is 8.31. The number of methoxy groups -OCH3 is 2. The maximum Gasteiger partial charge on any atom is 0.249 e. The number of fused-ring (bicyclic) bond motifs is 1. The number of nitrogens with one attached hydrogen (secondary N) is 2. The molecule has 0 fully saturated rings. The molecule has 0 bridgehead atoms. The molecule has 186 valence electrons. The number of ether oxygens (including phenoxy) is 2. The number of hydrogen-bond acceptors (Lipinski definition) is 8. The Hall–Kier alpha value is -3.80. The summed E-state index contributed by atoms with van der Waals surface area (Å²) in [7, 11) is 4.57. The number of rotatable bonds is 8. The van der Waals surface area contributed by atoms with E-state index in [4.69, 9.17) is 9.47 Å². The van der Waals surface area contributed by atoms with Gasteiger partial charge in [-0.15, -0.1) is 0 Å². The van der Waals surface area contributed by atoms with E-state index in [1.807, 2.05) is 6.92 Å². The number of amides is 1. The Morgan fingerprint density at radius 3 is 2.57 bits per heavy atom. The number of carbonyl (C=O) groups is 1. The molecule has 0 aliphatic carbocycles. The van der Waals surface area contributed by atoms with Crippen LogP contribution in [0.1, 0.15) is 23.7 Å². The summed E-state index contributed by atoms with van der Waals surface area (Å²) in [5, 5.41) is 10.3. The van der Waals surface area contributed by atoms with E-state index in [1.54, 1.807) is 43.1 Å². The maximum absolute atomic E-state index is 14.0. The van der Waals surface area contributed by atoms with Gasteiger partial charge in [-0.3, -0.25) is 9.48 Å². The lowest BCUT2D eigenvalue weighted by atomic mass is 10.1. The highest BCUT2D eigenvalue weighted by Gasteiger charge is 2.37. The van der Waals surface area contributed by atoms with Crippen molar-refractivity contribution in [3.05, 3.63) is 53.0 Å². The van der Waals surface area contributed by atoms with E-state index in [9.17, 15) is 13.6 Å². The molecule has 0 saturated carbocycles. The second-order valence-corrected chi connectivity index (χ2v) is 8.31. The van der Waals surface area contributed by atoms with Gasteiger partial charge in [-0.05, 0) is 31.5 Å². The van der Waals surface area contributed by atoms with Crippen LogP contribution in [-0.4, -0.2) is 59.1 Å². The predicted octanol–water partition coefficient (Wildman–Crippen LogP) is 2.72. The van der Waals surface area contributed by atoms with Crippen molar-refractivity contribution < 1.29 is 23.0 Å². The lowest BCUT2D eigenvalue weighted by Crippen LogP contribution is -2.53. The molecule has 4 rings (SSSR count). The van der Waals surface area contributed by atoms with Crippen LogP contribution in [0.2, 0.25) is 0 Å². The molecule has 12 heteroatoms. The molecule has 1 aliphatic rings. The third-order valence-corrected chi connectivity index (χ3v) is 5.90. The summed E-state index contributed by atoms with van der Waals surface area (Å²) in [4.78, 5) is 23.4. The summed E-state index contributed by atoms with van der Waals surface area (Å²) in [5.74, 6) is -1.13. The number of nitrogens with zero attached hydrogens (tertiary/aromatic N) is 5. The van der Waals surface area contributed by atoms with Gasteiger partial charge < -0.3 is 25.0 Å². The Balaban J connectivity index is 1.46. The smallest absolute Gasteiger partial charge is 0.249 e. The first kappa shape index (κ1) is 24.3. The molecule has 0 spiro atoms.